The minimum absolute atomic E-state index is 0. The molecule has 2 aromatic rings. The molecule has 0 spiro atoms. The topological polar surface area (TPSA) is 50.9 Å². The molecule has 0 unspecified atom stereocenters. The van der Waals surface area contributed by atoms with E-state index in [9.17, 15) is 0 Å². The van der Waals surface area contributed by atoms with E-state index in [0.29, 0.717) is 5.13 Å². The van der Waals surface area contributed by atoms with Gasteiger partial charge in [-0.15, -0.1) is 23.7 Å². The fourth-order valence-corrected chi connectivity index (χ4v) is 3.57. The van der Waals surface area contributed by atoms with Crippen LogP contribution in [0.2, 0.25) is 0 Å². The Balaban J connectivity index is 0.00000147. The molecule has 108 valence electrons. The minimum Gasteiger partial charge on any atom is -0.375 e. The lowest BCUT2D eigenvalue weighted by molar-refractivity contribution is 0.184. The third-order valence-electron chi connectivity index (χ3n) is 3.76. The summed E-state index contributed by atoms with van der Waals surface area (Å²) in [6, 6.07) is 8.59. The molecule has 0 radical (unpaired) electrons. The first-order valence-electron chi connectivity index (χ1n) is 6.39. The van der Waals surface area contributed by atoms with Gasteiger partial charge in [0.05, 0.1) is 0 Å². The van der Waals surface area contributed by atoms with Gasteiger partial charge in [0, 0.05) is 27.6 Å². The number of nitrogens with zero attached hydrogens (tertiary/aromatic N) is 1. The number of hydrogen-bond donors (Lipinski definition) is 2. The van der Waals surface area contributed by atoms with Crippen LogP contribution in [-0.2, 0) is 12.1 Å². The minimum atomic E-state index is 0. The van der Waals surface area contributed by atoms with Gasteiger partial charge < -0.3 is 11.1 Å². The summed E-state index contributed by atoms with van der Waals surface area (Å²) in [5.41, 5.74) is 7.16. The second-order valence-corrected chi connectivity index (χ2v) is 7.03. The van der Waals surface area contributed by atoms with E-state index < -0.39 is 0 Å². The molecule has 1 aromatic carbocycles. The first kappa shape index (κ1) is 15.8. The predicted molar refractivity (Wildman–Crippen MR) is 90.3 cm³/mol. The molecule has 6 heteroatoms. The molecule has 1 aromatic heterocycles. The van der Waals surface area contributed by atoms with Crippen LogP contribution < -0.4 is 11.1 Å². The normalized spacial score (nSPS) is 16.2. The van der Waals surface area contributed by atoms with E-state index in [1.54, 1.807) is 11.3 Å². The van der Waals surface area contributed by atoms with E-state index in [-0.39, 0.29) is 17.9 Å². The molecule has 3 nitrogen and oxygen atoms in total. The number of aromatic nitrogens is 1. The summed E-state index contributed by atoms with van der Waals surface area (Å²) in [7, 11) is 0. The first-order valence-corrected chi connectivity index (χ1v) is 8.00. The van der Waals surface area contributed by atoms with Gasteiger partial charge in [0.25, 0.3) is 0 Å². The highest BCUT2D eigenvalue weighted by Crippen LogP contribution is 2.42. The van der Waals surface area contributed by atoms with Gasteiger partial charge in [-0.3, -0.25) is 0 Å². The van der Waals surface area contributed by atoms with Gasteiger partial charge >= 0.3 is 0 Å². The molecular weight excluding hydrogens is 358 g/mol. The van der Waals surface area contributed by atoms with Crippen molar-refractivity contribution in [3.8, 4) is 0 Å². The van der Waals surface area contributed by atoms with Crippen LogP contribution in [-0.4, -0.2) is 4.98 Å². The largest absolute Gasteiger partial charge is 0.375 e. The van der Waals surface area contributed by atoms with Crippen LogP contribution in [0.5, 0.6) is 0 Å². The Morgan fingerprint density at radius 2 is 2.20 bits per heavy atom. The maximum absolute atomic E-state index is 5.67. The first-order chi connectivity index (χ1) is 9.18. The van der Waals surface area contributed by atoms with E-state index >= 15 is 0 Å². The summed E-state index contributed by atoms with van der Waals surface area (Å²) >= 11 is 5.11. The smallest absolute Gasteiger partial charge is 0.180 e. The Hall–Kier alpha value is -0.620. The number of halogens is 2. The van der Waals surface area contributed by atoms with E-state index in [1.807, 2.05) is 6.20 Å². The molecule has 3 rings (SSSR count). The summed E-state index contributed by atoms with van der Waals surface area (Å²) < 4.78 is 1.14. The zero-order chi connectivity index (χ0) is 13.3. The van der Waals surface area contributed by atoms with Crippen molar-refractivity contribution in [3.63, 3.8) is 0 Å². The molecule has 0 atom stereocenters. The summed E-state index contributed by atoms with van der Waals surface area (Å²) in [6.45, 7) is 0.835. The number of benzene rings is 1. The zero-order valence-corrected chi connectivity index (χ0v) is 14.2. The lowest BCUT2D eigenvalue weighted by atomic mass is 9.72. The summed E-state index contributed by atoms with van der Waals surface area (Å²) in [4.78, 5) is 5.29. The van der Waals surface area contributed by atoms with Crippen LogP contribution in [0.1, 0.15) is 29.7 Å². The zero-order valence-electron chi connectivity index (χ0n) is 10.9. The number of nitrogen functional groups attached to an aromatic ring is 1. The molecule has 0 saturated heterocycles. The highest BCUT2D eigenvalue weighted by Gasteiger charge is 2.38. The fraction of sp³-hybridized carbons (Fsp3) is 0.357. The molecule has 0 bridgehead atoms. The number of nitrogens with two attached hydrogens (primary N) is 1. The summed E-state index contributed by atoms with van der Waals surface area (Å²) in [6.07, 6.45) is 5.53. The van der Waals surface area contributed by atoms with Crippen molar-refractivity contribution in [2.45, 2.75) is 31.3 Å². The maximum Gasteiger partial charge on any atom is 0.180 e. The van der Waals surface area contributed by atoms with Gasteiger partial charge in [0.1, 0.15) is 0 Å². The molecule has 1 saturated carbocycles. The van der Waals surface area contributed by atoms with Gasteiger partial charge in [-0.1, -0.05) is 28.1 Å². The molecule has 1 aliphatic rings. The van der Waals surface area contributed by atoms with Crippen LogP contribution in [0.4, 0.5) is 5.13 Å². The van der Waals surface area contributed by atoms with Gasteiger partial charge in [0.2, 0.25) is 0 Å². The van der Waals surface area contributed by atoms with Crippen molar-refractivity contribution in [2.24, 2.45) is 0 Å². The highest BCUT2D eigenvalue weighted by atomic mass is 79.9. The number of hydrogen-bond acceptors (Lipinski definition) is 4. The molecule has 0 aliphatic heterocycles. The Kier molecular flexibility index (Phi) is 5.07. The molecule has 1 heterocycles. The molecule has 20 heavy (non-hydrogen) atoms. The maximum atomic E-state index is 5.67. The van der Waals surface area contributed by atoms with Crippen molar-refractivity contribution in [2.75, 3.05) is 5.73 Å². The molecule has 1 aliphatic carbocycles. The third-order valence-corrected chi connectivity index (χ3v) is 5.08. The van der Waals surface area contributed by atoms with Crippen molar-refractivity contribution in [1.29, 1.82) is 0 Å². The number of rotatable bonds is 4. The van der Waals surface area contributed by atoms with Gasteiger partial charge in [-0.25, -0.2) is 4.98 Å². The highest BCUT2D eigenvalue weighted by molar-refractivity contribution is 9.10. The van der Waals surface area contributed by atoms with E-state index in [0.717, 1.165) is 11.0 Å². The van der Waals surface area contributed by atoms with E-state index in [1.165, 1.54) is 29.7 Å². The SMILES string of the molecule is Cl.Nc1ncc(CNC2(c3cccc(Br)c3)CCC2)s1. The summed E-state index contributed by atoms with van der Waals surface area (Å²) in [5, 5.41) is 4.34. The van der Waals surface area contributed by atoms with Crippen molar-refractivity contribution < 1.29 is 0 Å². The lowest BCUT2D eigenvalue weighted by Gasteiger charge is -2.43. The quantitative estimate of drug-likeness (QED) is 0.848. The Morgan fingerprint density at radius 3 is 2.75 bits per heavy atom. The number of anilines is 1. The fourth-order valence-electron chi connectivity index (χ4n) is 2.54. The molecule has 0 amide bonds. The second-order valence-electron chi connectivity index (χ2n) is 4.96. The van der Waals surface area contributed by atoms with Crippen molar-refractivity contribution >= 4 is 44.8 Å². The van der Waals surface area contributed by atoms with Crippen molar-refractivity contribution in [3.05, 3.63) is 45.4 Å². The number of nitrogens with one attached hydrogen (secondary N) is 1. The van der Waals surface area contributed by atoms with Crippen molar-refractivity contribution in [1.82, 2.24) is 10.3 Å². The second kappa shape index (κ2) is 6.43. The van der Waals surface area contributed by atoms with Crippen LogP contribution in [0.3, 0.4) is 0 Å². The molecule has 1 fully saturated rings. The van der Waals surface area contributed by atoms with Gasteiger partial charge in [-0.2, -0.15) is 0 Å². The molecule has 3 N–H and O–H groups in total. The van der Waals surface area contributed by atoms with E-state index in [2.05, 4.69) is 50.5 Å². The predicted octanol–water partition coefficient (Wildman–Crippen LogP) is 4.08. The van der Waals surface area contributed by atoms with Gasteiger partial charge in [-0.05, 0) is 37.0 Å². The van der Waals surface area contributed by atoms with Crippen LogP contribution in [0, 0.1) is 0 Å². The Bertz CT molecular complexity index is 583. The van der Waals surface area contributed by atoms with Crippen LogP contribution in [0.25, 0.3) is 0 Å². The van der Waals surface area contributed by atoms with Crippen LogP contribution >= 0.6 is 39.7 Å². The standard InChI is InChI=1S/C14H16BrN3S.ClH/c15-11-4-1-3-10(7-11)14(5-2-6-14)18-9-12-8-17-13(16)19-12;/h1,3-4,7-8,18H,2,5-6,9H2,(H2,16,17);1H. The number of thiazole rings is 1. The third kappa shape index (κ3) is 3.17. The van der Waals surface area contributed by atoms with E-state index in [4.69, 9.17) is 5.73 Å². The Labute approximate surface area is 137 Å². The molecular formula is C14H17BrClN3S. The lowest BCUT2D eigenvalue weighted by Crippen LogP contribution is -2.47. The van der Waals surface area contributed by atoms with Crippen LogP contribution in [0.15, 0.2) is 34.9 Å². The summed E-state index contributed by atoms with van der Waals surface area (Å²) in [5.74, 6) is 0. The average molecular weight is 375 g/mol. The van der Waals surface area contributed by atoms with Gasteiger partial charge in [0.15, 0.2) is 5.13 Å². The Morgan fingerprint density at radius 1 is 1.40 bits per heavy atom. The monoisotopic (exact) mass is 373 g/mol. The average Bonchev–Trinajstić information content (AvgIpc) is 2.74.